The molecule has 1 aliphatic rings. The predicted molar refractivity (Wildman–Crippen MR) is 179 cm³/mol. The Balaban J connectivity index is 1.27. The number of sulfonamides is 1. The maximum Gasteiger partial charge on any atom is 0.246 e. The van der Waals surface area contributed by atoms with Crippen LogP contribution >= 0.6 is 0 Å². The van der Waals surface area contributed by atoms with Crippen LogP contribution in [0.3, 0.4) is 0 Å². The SMILES string of the molecule is COc1cc(C)c(S(=O)(=O)N(CCOCC(=O)NCC2CCC(C(c3ccccc3)N(C)C)CC2)Cc2ccccc2)c(C)c1. The molecule has 244 valence electrons. The number of nitrogens with zero attached hydrogens (tertiary/aromatic N) is 2. The second-order valence-electron chi connectivity index (χ2n) is 12.4. The van der Waals surface area contributed by atoms with E-state index in [1.54, 1.807) is 33.1 Å². The number of amides is 1. The van der Waals surface area contributed by atoms with Crippen LogP contribution in [0.2, 0.25) is 0 Å². The van der Waals surface area contributed by atoms with E-state index in [0.717, 1.165) is 31.2 Å². The zero-order chi connectivity index (χ0) is 32.4. The van der Waals surface area contributed by atoms with Gasteiger partial charge < -0.3 is 19.7 Å². The van der Waals surface area contributed by atoms with Gasteiger partial charge in [0.05, 0.1) is 18.6 Å². The van der Waals surface area contributed by atoms with Crippen molar-refractivity contribution in [3.8, 4) is 5.75 Å². The number of methoxy groups -OCH3 is 1. The zero-order valence-corrected chi connectivity index (χ0v) is 28.2. The molecule has 0 heterocycles. The van der Waals surface area contributed by atoms with Gasteiger partial charge in [-0.05, 0) is 99.8 Å². The summed E-state index contributed by atoms with van der Waals surface area (Å²) < 4.78 is 40.3. The first kappa shape index (κ1) is 34.6. The van der Waals surface area contributed by atoms with Crippen LogP contribution in [0.4, 0.5) is 0 Å². The summed E-state index contributed by atoms with van der Waals surface area (Å²) in [4.78, 5) is 15.2. The smallest absolute Gasteiger partial charge is 0.246 e. The highest BCUT2D eigenvalue weighted by molar-refractivity contribution is 7.89. The largest absolute Gasteiger partial charge is 0.497 e. The first-order valence-electron chi connectivity index (χ1n) is 15.8. The number of hydrogen-bond donors (Lipinski definition) is 1. The van der Waals surface area contributed by atoms with Crippen LogP contribution in [0.15, 0.2) is 77.7 Å². The molecule has 1 N–H and O–H groups in total. The van der Waals surface area contributed by atoms with E-state index < -0.39 is 10.0 Å². The monoisotopic (exact) mass is 635 g/mol. The Kier molecular flexibility index (Phi) is 12.6. The first-order chi connectivity index (χ1) is 21.6. The van der Waals surface area contributed by atoms with Gasteiger partial charge in [-0.25, -0.2) is 8.42 Å². The Hall–Kier alpha value is -3.24. The lowest BCUT2D eigenvalue weighted by molar-refractivity contribution is -0.126. The van der Waals surface area contributed by atoms with E-state index >= 15 is 0 Å². The number of carbonyl (C=O) groups is 1. The molecule has 0 spiro atoms. The molecule has 45 heavy (non-hydrogen) atoms. The quantitative estimate of drug-likeness (QED) is 0.214. The lowest BCUT2D eigenvalue weighted by Crippen LogP contribution is -2.37. The second-order valence-corrected chi connectivity index (χ2v) is 14.2. The average molecular weight is 636 g/mol. The minimum absolute atomic E-state index is 0.101. The van der Waals surface area contributed by atoms with Crippen LogP contribution in [-0.2, 0) is 26.1 Å². The highest BCUT2D eigenvalue weighted by atomic mass is 32.2. The highest BCUT2D eigenvalue weighted by Crippen LogP contribution is 2.39. The van der Waals surface area contributed by atoms with E-state index in [0.29, 0.717) is 41.3 Å². The highest BCUT2D eigenvalue weighted by Gasteiger charge is 2.31. The van der Waals surface area contributed by atoms with Gasteiger partial charge >= 0.3 is 0 Å². The van der Waals surface area contributed by atoms with Gasteiger partial charge in [0, 0.05) is 25.7 Å². The molecule has 1 fully saturated rings. The average Bonchev–Trinajstić information content (AvgIpc) is 3.02. The Labute approximate surface area is 269 Å². The standard InChI is InChI=1S/C36H49N3O5S/c1-27-22-33(43-5)23-28(2)36(27)45(41,42)39(25-30-12-8-6-9-13-30)20-21-44-26-34(40)37-24-29-16-18-32(19-17-29)35(38(3)4)31-14-10-7-11-15-31/h6-15,22-23,29,32,35H,16-21,24-26H2,1-5H3,(H,37,40). The maximum absolute atomic E-state index is 13.9. The Morgan fingerprint density at radius 1 is 0.933 bits per heavy atom. The van der Waals surface area contributed by atoms with Crippen molar-refractivity contribution in [2.45, 2.75) is 57.0 Å². The summed E-state index contributed by atoms with van der Waals surface area (Å²) in [6.07, 6.45) is 4.43. The summed E-state index contributed by atoms with van der Waals surface area (Å²) in [7, 11) is 2.02. The molecule has 1 unspecified atom stereocenters. The molecule has 4 rings (SSSR count). The molecule has 1 atom stereocenters. The zero-order valence-electron chi connectivity index (χ0n) is 27.4. The van der Waals surface area contributed by atoms with Gasteiger partial charge in [-0.15, -0.1) is 0 Å². The molecule has 1 saturated carbocycles. The number of ether oxygens (including phenoxy) is 2. The summed E-state index contributed by atoms with van der Waals surface area (Å²) in [5.74, 6) is 1.49. The van der Waals surface area contributed by atoms with E-state index in [1.165, 1.54) is 9.87 Å². The van der Waals surface area contributed by atoms with Crippen molar-refractivity contribution in [1.82, 2.24) is 14.5 Å². The van der Waals surface area contributed by atoms with Gasteiger partial charge in [0.1, 0.15) is 12.4 Å². The van der Waals surface area contributed by atoms with Crippen LogP contribution in [0, 0.1) is 25.7 Å². The number of nitrogens with one attached hydrogen (secondary N) is 1. The van der Waals surface area contributed by atoms with Crippen LogP contribution in [0.25, 0.3) is 0 Å². The fraction of sp³-hybridized carbons (Fsp3) is 0.472. The topological polar surface area (TPSA) is 88.2 Å². The molecular formula is C36H49N3O5S. The van der Waals surface area contributed by atoms with E-state index in [4.69, 9.17) is 9.47 Å². The summed E-state index contributed by atoms with van der Waals surface area (Å²) in [5.41, 5.74) is 3.48. The molecule has 0 saturated heterocycles. The van der Waals surface area contributed by atoms with Crippen LogP contribution < -0.4 is 10.1 Å². The number of aryl methyl sites for hydroxylation is 2. The predicted octanol–water partition coefficient (Wildman–Crippen LogP) is 5.75. The lowest BCUT2D eigenvalue weighted by atomic mass is 9.76. The number of benzene rings is 3. The van der Waals surface area contributed by atoms with Crippen molar-refractivity contribution in [2.75, 3.05) is 47.5 Å². The molecule has 0 aromatic heterocycles. The van der Waals surface area contributed by atoms with E-state index in [9.17, 15) is 13.2 Å². The van der Waals surface area contributed by atoms with Crippen molar-refractivity contribution in [1.29, 1.82) is 0 Å². The minimum Gasteiger partial charge on any atom is -0.497 e. The minimum atomic E-state index is -3.85. The molecule has 9 heteroatoms. The molecule has 3 aromatic rings. The second kappa shape index (κ2) is 16.4. The summed E-state index contributed by atoms with van der Waals surface area (Å²) in [5, 5.41) is 3.04. The van der Waals surface area contributed by atoms with Gasteiger partial charge in [0.25, 0.3) is 0 Å². The van der Waals surface area contributed by atoms with Crippen molar-refractivity contribution in [3.05, 3.63) is 95.1 Å². The number of rotatable bonds is 15. The molecule has 0 radical (unpaired) electrons. The molecule has 3 aromatic carbocycles. The third-order valence-corrected chi connectivity index (χ3v) is 11.0. The third-order valence-electron chi connectivity index (χ3n) is 8.81. The summed E-state index contributed by atoms with van der Waals surface area (Å²) >= 11 is 0. The van der Waals surface area contributed by atoms with Crippen LogP contribution in [0.5, 0.6) is 5.75 Å². The molecule has 1 aliphatic carbocycles. The number of hydrogen-bond acceptors (Lipinski definition) is 6. The molecule has 0 bridgehead atoms. The Morgan fingerprint density at radius 2 is 1.53 bits per heavy atom. The first-order valence-corrected chi connectivity index (χ1v) is 17.3. The molecule has 1 amide bonds. The summed E-state index contributed by atoms with van der Waals surface area (Å²) in [6, 6.07) is 24.1. The van der Waals surface area contributed by atoms with Gasteiger partial charge in [-0.2, -0.15) is 4.31 Å². The van der Waals surface area contributed by atoms with Crippen molar-refractivity contribution in [3.63, 3.8) is 0 Å². The van der Waals surface area contributed by atoms with Gasteiger partial charge in [-0.1, -0.05) is 60.7 Å². The Bertz CT molecular complexity index is 1450. The van der Waals surface area contributed by atoms with E-state index in [-0.39, 0.29) is 37.1 Å². The fourth-order valence-electron chi connectivity index (χ4n) is 6.63. The van der Waals surface area contributed by atoms with E-state index in [2.05, 4.69) is 54.6 Å². The normalized spacial score (nSPS) is 17.8. The molecule has 8 nitrogen and oxygen atoms in total. The van der Waals surface area contributed by atoms with Crippen LogP contribution in [-0.4, -0.2) is 71.0 Å². The van der Waals surface area contributed by atoms with Crippen molar-refractivity contribution < 1.29 is 22.7 Å². The Morgan fingerprint density at radius 3 is 2.11 bits per heavy atom. The van der Waals surface area contributed by atoms with Crippen molar-refractivity contribution in [2.24, 2.45) is 11.8 Å². The van der Waals surface area contributed by atoms with Gasteiger partial charge in [-0.3, -0.25) is 4.79 Å². The number of carbonyl (C=O) groups excluding carboxylic acids is 1. The van der Waals surface area contributed by atoms with Crippen molar-refractivity contribution >= 4 is 15.9 Å². The molecule has 0 aliphatic heterocycles. The lowest BCUT2D eigenvalue weighted by Gasteiger charge is -2.37. The molecular weight excluding hydrogens is 586 g/mol. The maximum atomic E-state index is 13.9. The third kappa shape index (κ3) is 9.39. The van der Waals surface area contributed by atoms with Gasteiger partial charge in [0.2, 0.25) is 15.9 Å². The van der Waals surface area contributed by atoms with E-state index in [1.807, 2.05) is 30.3 Å². The fourth-order valence-corrected chi connectivity index (χ4v) is 8.45. The van der Waals surface area contributed by atoms with Crippen LogP contribution in [0.1, 0.15) is 54.0 Å². The van der Waals surface area contributed by atoms with Gasteiger partial charge in [0.15, 0.2) is 0 Å². The summed E-state index contributed by atoms with van der Waals surface area (Å²) in [6.45, 7) is 4.51.